The number of amides is 1. The molecule has 0 aliphatic rings. The van der Waals surface area contributed by atoms with E-state index in [1.54, 1.807) is 19.1 Å². The molecule has 8 nitrogen and oxygen atoms in total. The van der Waals surface area contributed by atoms with Crippen LogP contribution in [0.3, 0.4) is 0 Å². The highest BCUT2D eigenvalue weighted by atomic mass is 32.2. The van der Waals surface area contributed by atoms with Gasteiger partial charge in [-0.3, -0.25) is 15.0 Å². The second-order valence-electron chi connectivity index (χ2n) is 4.43. The molecule has 1 unspecified atom stereocenters. The molecule has 1 aromatic rings. The van der Waals surface area contributed by atoms with Crippen molar-refractivity contribution in [3.63, 3.8) is 0 Å². The van der Waals surface area contributed by atoms with E-state index in [1.807, 2.05) is 5.43 Å². The van der Waals surface area contributed by atoms with Crippen LogP contribution in [0.5, 0.6) is 0 Å². The predicted molar refractivity (Wildman–Crippen MR) is 74.5 cm³/mol. The van der Waals surface area contributed by atoms with Crippen molar-refractivity contribution in [3.8, 4) is 0 Å². The zero-order valence-corrected chi connectivity index (χ0v) is 12.2. The molecular formula is C12H17N3O5S. The molecule has 5 N–H and O–H groups in total. The Balaban J connectivity index is 2.84. The number of aryl methyl sites for hydroxylation is 1. The van der Waals surface area contributed by atoms with Gasteiger partial charge in [0.2, 0.25) is 15.9 Å². The molecule has 0 aliphatic carbocycles. The SMILES string of the molecule is Cc1ccc(S(=O)(=O)NC(CCC(=O)NN)C(=O)O)cc1. The van der Waals surface area contributed by atoms with Crippen molar-refractivity contribution in [2.24, 2.45) is 5.84 Å². The van der Waals surface area contributed by atoms with E-state index >= 15 is 0 Å². The van der Waals surface area contributed by atoms with E-state index in [1.165, 1.54) is 12.1 Å². The number of hydrazine groups is 1. The first-order valence-electron chi connectivity index (χ1n) is 6.07. The summed E-state index contributed by atoms with van der Waals surface area (Å²) in [5.41, 5.74) is 2.73. The molecular weight excluding hydrogens is 298 g/mol. The van der Waals surface area contributed by atoms with Crippen molar-refractivity contribution in [1.29, 1.82) is 0 Å². The van der Waals surface area contributed by atoms with E-state index in [0.717, 1.165) is 5.56 Å². The van der Waals surface area contributed by atoms with Gasteiger partial charge in [0.25, 0.3) is 0 Å². The Morgan fingerprint density at radius 3 is 2.33 bits per heavy atom. The molecule has 0 bridgehead atoms. The quantitative estimate of drug-likeness (QED) is 0.304. The molecule has 1 amide bonds. The Morgan fingerprint density at radius 2 is 1.86 bits per heavy atom. The van der Waals surface area contributed by atoms with E-state index in [9.17, 15) is 18.0 Å². The first kappa shape index (κ1) is 17.1. The number of hydrogen-bond donors (Lipinski definition) is 4. The normalized spacial score (nSPS) is 12.7. The van der Waals surface area contributed by atoms with Crippen molar-refractivity contribution in [1.82, 2.24) is 10.1 Å². The third-order valence-electron chi connectivity index (χ3n) is 2.75. The van der Waals surface area contributed by atoms with Gasteiger partial charge in [-0.25, -0.2) is 14.3 Å². The fourth-order valence-electron chi connectivity index (χ4n) is 1.55. The third-order valence-corrected chi connectivity index (χ3v) is 4.24. The zero-order valence-electron chi connectivity index (χ0n) is 11.4. The van der Waals surface area contributed by atoms with Crippen LogP contribution in [0, 0.1) is 6.92 Å². The highest BCUT2D eigenvalue weighted by Gasteiger charge is 2.25. The number of carboxylic acids is 1. The number of sulfonamides is 1. The van der Waals surface area contributed by atoms with Crippen LogP contribution in [0.4, 0.5) is 0 Å². The van der Waals surface area contributed by atoms with Gasteiger partial charge in [0.05, 0.1) is 4.90 Å². The van der Waals surface area contributed by atoms with Gasteiger partial charge in [-0.15, -0.1) is 0 Å². The van der Waals surface area contributed by atoms with Crippen LogP contribution in [0.25, 0.3) is 0 Å². The molecule has 21 heavy (non-hydrogen) atoms. The van der Waals surface area contributed by atoms with E-state index in [2.05, 4.69) is 4.72 Å². The van der Waals surface area contributed by atoms with E-state index in [0.29, 0.717) is 0 Å². The summed E-state index contributed by atoms with van der Waals surface area (Å²) >= 11 is 0. The Morgan fingerprint density at radius 1 is 1.29 bits per heavy atom. The number of nitrogens with one attached hydrogen (secondary N) is 2. The van der Waals surface area contributed by atoms with Gasteiger partial charge in [0.1, 0.15) is 6.04 Å². The van der Waals surface area contributed by atoms with Crippen LogP contribution in [-0.2, 0) is 19.6 Å². The largest absolute Gasteiger partial charge is 0.480 e. The minimum Gasteiger partial charge on any atom is -0.480 e. The summed E-state index contributed by atoms with van der Waals surface area (Å²) in [5.74, 6) is 2.94. The number of hydrogen-bond acceptors (Lipinski definition) is 5. The summed E-state index contributed by atoms with van der Waals surface area (Å²) in [5, 5.41) is 9.02. The van der Waals surface area contributed by atoms with Gasteiger partial charge in [-0.2, -0.15) is 4.72 Å². The molecule has 0 saturated carbocycles. The van der Waals surface area contributed by atoms with Crippen molar-refractivity contribution in [3.05, 3.63) is 29.8 Å². The molecule has 0 spiro atoms. The molecule has 116 valence electrons. The van der Waals surface area contributed by atoms with E-state index < -0.39 is 27.9 Å². The lowest BCUT2D eigenvalue weighted by Crippen LogP contribution is -2.42. The summed E-state index contributed by atoms with van der Waals surface area (Å²) in [6.07, 6.45) is -0.409. The Labute approximate surface area is 122 Å². The predicted octanol–water partition coefficient (Wildman–Crippen LogP) is -0.503. The van der Waals surface area contributed by atoms with Crippen LogP contribution in [-0.4, -0.2) is 31.4 Å². The first-order valence-corrected chi connectivity index (χ1v) is 7.56. The molecule has 1 rings (SSSR count). The standard InChI is InChI=1S/C12H17N3O5S/c1-8-2-4-9(5-3-8)21(19,20)15-10(12(17)18)6-7-11(16)14-13/h2-5,10,15H,6-7,13H2,1H3,(H,14,16)(H,17,18). The van der Waals surface area contributed by atoms with Crippen LogP contribution in [0.1, 0.15) is 18.4 Å². The number of carboxylic acid groups (broad SMARTS) is 1. The van der Waals surface area contributed by atoms with Crippen LogP contribution in [0.2, 0.25) is 0 Å². The maximum Gasteiger partial charge on any atom is 0.321 e. The topological polar surface area (TPSA) is 139 Å². The minimum absolute atomic E-state index is 0.0392. The van der Waals surface area contributed by atoms with Gasteiger partial charge in [0.15, 0.2) is 0 Å². The molecule has 1 atom stereocenters. The van der Waals surface area contributed by atoms with Gasteiger partial charge < -0.3 is 5.11 Å². The van der Waals surface area contributed by atoms with Gasteiger partial charge in [-0.1, -0.05) is 17.7 Å². The number of aliphatic carboxylic acids is 1. The van der Waals surface area contributed by atoms with Gasteiger partial charge in [-0.05, 0) is 25.5 Å². The van der Waals surface area contributed by atoms with Crippen molar-refractivity contribution in [2.45, 2.75) is 30.7 Å². The second-order valence-corrected chi connectivity index (χ2v) is 6.15. The Bertz CT molecular complexity index is 612. The van der Waals surface area contributed by atoms with Gasteiger partial charge in [0, 0.05) is 6.42 Å². The molecule has 1 aromatic carbocycles. The third kappa shape index (κ3) is 5.14. The Hall–Kier alpha value is -1.97. The molecule has 0 heterocycles. The summed E-state index contributed by atoms with van der Waals surface area (Å²) in [6, 6.07) is 4.55. The highest BCUT2D eigenvalue weighted by molar-refractivity contribution is 7.89. The lowest BCUT2D eigenvalue weighted by Gasteiger charge is -2.14. The summed E-state index contributed by atoms with van der Waals surface area (Å²) < 4.78 is 26.2. The smallest absolute Gasteiger partial charge is 0.321 e. The van der Waals surface area contributed by atoms with Gasteiger partial charge >= 0.3 is 5.97 Å². The average molecular weight is 315 g/mol. The van der Waals surface area contributed by atoms with E-state index in [-0.39, 0.29) is 17.7 Å². The first-order chi connectivity index (χ1) is 9.76. The van der Waals surface area contributed by atoms with Crippen LogP contribution in [0.15, 0.2) is 29.2 Å². The van der Waals surface area contributed by atoms with Crippen molar-refractivity contribution >= 4 is 21.9 Å². The van der Waals surface area contributed by atoms with Crippen LogP contribution < -0.4 is 16.0 Å². The lowest BCUT2D eigenvalue weighted by atomic mass is 10.2. The minimum atomic E-state index is -3.97. The zero-order chi connectivity index (χ0) is 16.0. The Kier molecular flexibility index (Phi) is 5.82. The van der Waals surface area contributed by atoms with Crippen molar-refractivity contribution < 1.29 is 23.1 Å². The summed E-state index contributed by atoms with van der Waals surface area (Å²) in [6.45, 7) is 1.80. The lowest BCUT2D eigenvalue weighted by molar-refractivity contribution is -0.139. The number of carbonyl (C=O) groups is 2. The van der Waals surface area contributed by atoms with Crippen LogP contribution >= 0.6 is 0 Å². The molecule has 0 saturated heterocycles. The van der Waals surface area contributed by atoms with Crippen molar-refractivity contribution in [2.75, 3.05) is 0 Å². The maximum atomic E-state index is 12.1. The second kappa shape index (κ2) is 7.16. The molecule has 9 heteroatoms. The molecule has 0 aliphatic heterocycles. The number of rotatable bonds is 7. The molecule has 0 aromatic heterocycles. The number of nitrogens with two attached hydrogens (primary N) is 1. The molecule has 0 fully saturated rings. The molecule has 0 radical (unpaired) electrons. The maximum absolute atomic E-state index is 12.1. The summed E-state index contributed by atoms with van der Waals surface area (Å²) in [7, 11) is -3.97. The number of carbonyl (C=O) groups excluding carboxylic acids is 1. The number of benzene rings is 1. The van der Waals surface area contributed by atoms with E-state index in [4.69, 9.17) is 10.9 Å². The summed E-state index contributed by atoms with van der Waals surface area (Å²) in [4.78, 5) is 22.0. The highest BCUT2D eigenvalue weighted by Crippen LogP contribution is 2.12. The monoisotopic (exact) mass is 315 g/mol. The fourth-order valence-corrected chi connectivity index (χ4v) is 2.78. The fraction of sp³-hybridized carbons (Fsp3) is 0.333. The average Bonchev–Trinajstić information content (AvgIpc) is 2.43.